The first-order valence-electron chi connectivity index (χ1n) is 8.52. The van der Waals surface area contributed by atoms with E-state index in [9.17, 15) is 4.79 Å². The average Bonchev–Trinajstić information content (AvgIpc) is 2.93. The summed E-state index contributed by atoms with van der Waals surface area (Å²) in [4.78, 5) is 15.2. The molecule has 2 saturated heterocycles. The topological polar surface area (TPSA) is 53.6 Å². The Morgan fingerprint density at radius 1 is 1.35 bits per heavy atom. The Morgan fingerprint density at radius 2 is 2.09 bits per heavy atom. The van der Waals surface area contributed by atoms with Gasteiger partial charge in [0.05, 0.1) is 18.6 Å². The summed E-state index contributed by atoms with van der Waals surface area (Å²) in [6.45, 7) is 8.55. The summed E-state index contributed by atoms with van der Waals surface area (Å²) >= 11 is 0. The summed E-state index contributed by atoms with van der Waals surface area (Å²) in [5, 5.41) is 6.75. The van der Waals surface area contributed by atoms with E-state index in [0.29, 0.717) is 5.92 Å². The third-order valence-corrected chi connectivity index (χ3v) is 5.50. The smallest absolute Gasteiger partial charge is 0.228 e. The van der Waals surface area contributed by atoms with Gasteiger partial charge < -0.3 is 15.4 Å². The summed E-state index contributed by atoms with van der Waals surface area (Å²) in [5.74, 6) is 0.833. The Kier molecular flexibility index (Phi) is 8.59. The van der Waals surface area contributed by atoms with Crippen molar-refractivity contribution < 1.29 is 9.53 Å². The average molecular weight is 368 g/mol. The monoisotopic (exact) mass is 367 g/mol. The molecule has 0 aromatic rings. The SMILES string of the molecule is CC(CN1CCOCC1)NC(=O)[C@@]12CCCC[C@H]1CNC2.Cl.Cl. The Labute approximate surface area is 152 Å². The van der Waals surface area contributed by atoms with Gasteiger partial charge in [-0.15, -0.1) is 24.8 Å². The number of ether oxygens (including phenoxy) is 1. The van der Waals surface area contributed by atoms with E-state index in [1.165, 1.54) is 19.3 Å². The molecule has 3 rings (SSSR count). The Bertz CT molecular complexity index is 380. The zero-order chi connectivity index (χ0) is 14.7. The van der Waals surface area contributed by atoms with Crippen LogP contribution in [0, 0.1) is 11.3 Å². The molecule has 2 heterocycles. The van der Waals surface area contributed by atoms with Gasteiger partial charge in [0.15, 0.2) is 0 Å². The highest BCUT2D eigenvalue weighted by Crippen LogP contribution is 2.43. The molecule has 0 aromatic heterocycles. The largest absolute Gasteiger partial charge is 0.379 e. The number of fused-ring (bicyclic) bond motifs is 1. The lowest BCUT2D eigenvalue weighted by Crippen LogP contribution is -2.53. The molecule has 23 heavy (non-hydrogen) atoms. The molecule has 0 radical (unpaired) electrons. The first-order chi connectivity index (χ1) is 10.2. The number of morpholine rings is 1. The molecule has 1 amide bonds. The molecular weight excluding hydrogens is 337 g/mol. The van der Waals surface area contributed by atoms with E-state index in [1.54, 1.807) is 0 Å². The highest BCUT2D eigenvalue weighted by molar-refractivity contribution is 5.85. The van der Waals surface area contributed by atoms with Gasteiger partial charge in [0, 0.05) is 32.2 Å². The highest BCUT2D eigenvalue weighted by atomic mass is 35.5. The van der Waals surface area contributed by atoms with Crippen LogP contribution >= 0.6 is 24.8 Å². The van der Waals surface area contributed by atoms with Crippen molar-refractivity contribution in [3.63, 3.8) is 0 Å². The van der Waals surface area contributed by atoms with Crippen LogP contribution in [-0.2, 0) is 9.53 Å². The van der Waals surface area contributed by atoms with E-state index in [-0.39, 0.29) is 42.2 Å². The van der Waals surface area contributed by atoms with Crippen LogP contribution in [-0.4, -0.2) is 62.8 Å². The van der Waals surface area contributed by atoms with Gasteiger partial charge in [0.1, 0.15) is 0 Å². The van der Waals surface area contributed by atoms with Crippen LogP contribution in [0.2, 0.25) is 0 Å². The number of nitrogens with one attached hydrogen (secondary N) is 2. The lowest BCUT2D eigenvalue weighted by atomic mass is 9.67. The molecule has 5 nitrogen and oxygen atoms in total. The Balaban J connectivity index is 0.00000132. The number of halogens is 2. The van der Waals surface area contributed by atoms with Crippen molar-refractivity contribution in [1.29, 1.82) is 0 Å². The van der Waals surface area contributed by atoms with Gasteiger partial charge in [0.2, 0.25) is 5.91 Å². The zero-order valence-electron chi connectivity index (χ0n) is 14.0. The fourth-order valence-corrected chi connectivity index (χ4v) is 4.27. The fraction of sp³-hybridized carbons (Fsp3) is 0.938. The lowest BCUT2D eigenvalue weighted by molar-refractivity contribution is -0.134. The second-order valence-electron chi connectivity index (χ2n) is 7.02. The van der Waals surface area contributed by atoms with Crippen LogP contribution in [0.4, 0.5) is 0 Å². The number of hydrogen-bond acceptors (Lipinski definition) is 4. The van der Waals surface area contributed by atoms with Gasteiger partial charge in [-0.3, -0.25) is 9.69 Å². The van der Waals surface area contributed by atoms with Gasteiger partial charge in [-0.05, 0) is 32.2 Å². The summed E-state index contributed by atoms with van der Waals surface area (Å²) in [5.41, 5.74) is -0.127. The number of carbonyl (C=O) groups excluding carboxylic acids is 1. The molecule has 0 aromatic carbocycles. The Morgan fingerprint density at radius 3 is 2.83 bits per heavy atom. The highest BCUT2D eigenvalue weighted by Gasteiger charge is 2.49. The second-order valence-corrected chi connectivity index (χ2v) is 7.02. The molecule has 0 bridgehead atoms. The van der Waals surface area contributed by atoms with Crippen molar-refractivity contribution in [1.82, 2.24) is 15.5 Å². The number of carbonyl (C=O) groups is 1. The fourth-order valence-electron chi connectivity index (χ4n) is 4.27. The van der Waals surface area contributed by atoms with Crippen LogP contribution in [0.3, 0.4) is 0 Å². The zero-order valence-corrected chi connectivity index (χ0v) is 15.6. The van der Waals surface area contributed by atoms with Crippen LogP contribution in [0.5, 0.6) is 0 Å². The van der Waals surface area contributed by atoms with Crippen molar-refractivity contribution >= 4 is 30.7 Å². The third-order valence-electron chi connectivity index (χ3n) is 5.50. The summed E-state index contributed by atoms with van der Waals surface area (Å²) in [6.07, 6.45) is 4.74. The first-order valence-corrected chi connectivity index (χ1v) is 8.52. The second kappa shape index (κ2) is 9.42. The summed E-state index contributed by atoms with van der Waals surface area (Å²) in [7, 11) is 0. The molecule has 0 spiro atoms. The van der Waals surface area contributed by atoms with Crippen molar-refractivity contribution in [2.45, 2.75) is 38.6 Å². The molecule has 3 fully saturated rings. The number of amides is 1. The molecule has 2 aliphatic heterocycles. The van der Waals surface area contributed by atoms with Gasteiger partial charge in [-0.25, -0.2) is 0 Å². The van der Waals surface area contributed by atoms with Gasteiger partial charge in [-0.1, -0.05) is 12.8 Å². The minimum absolute atomic E-state index is 0. The number of hydrogen-bond donors (Lipinski definition) is 2. The number of nitrogens with zero attached hydrogens (tertiary/aromatic N) is 1. The van der Waals surface area contributed by atoms with Crippen molar-refractivity contribution in [3.8, 4) is 0 Å². The summed E-state index contributed by atoms with van der Waals surface area (Å²) < 4.78 is 5.38. The van der Waals surface area contributed by atoms with E-state index in [4.69, 9.17) is 4.74 Å². The van der Waals surface area contributed by atoms with E-state index in [1.807, 2.05) is 0 Å². The minimum atomic E-state index is -0.127. The molecule has 136 valence electrons. The van der Waals surface area contributed by atoms with Crippen LogP contribution in [0.25, 0.3) is 0 Å². The molecule has 7 heteroatoms. The van der Waals surface area contributed by atoms with Crippen LogP contribution in [0.15, 0.2) is 0 Å². The minimum Gasteiger partial charge on any atom is -0.379 e. The van der Waals surface area contributed by atoms with Gasteiger partial charge in [0.25, 0.3) is 0 Å². The predicted molar refractivity (Wildman–Crippen MR) is 96.6 cm³/mol. The third kappa shape index (κ3) is 4.73. The summed E-state index contributed by atoms with van der Waals surface area (Å²) in [6, 6.07) is 0.216. The van der Waals surface area contributed by atoms with Crippen molar-refractivity contribution in [2.75, 3.05) is 45.9 Å². The molecular formula is C16H31Cl2N3O2. The van der Waals surface area contributed by atoms with Crippen LogP contribution in [0.1, 0.15) is 32.6 Å². The van der Waals surface area contributed by atoms with Crippen molar-refractivity contribution in [3.05, 3.63) is 0 Å². The molecule has 3 atom stereocenters. The maximum Gasteiger partial charge on any atom is 0.228 e. The first kappa shape index (κ1) is 21.0. The lowest BCUT2D eigenvalue weighted by Gasteiger charge is -2.38. The normalized spacial score (nSPS) is 32.1. The van der Waals surface area contributed by atoms with E-state index >= 15 is 0 Å². The molecule has 2 N–H and O–H groups in total. The predicted octanol–water partition coefficient (Wildman–Crippen LogP) is 1.45. The maximum atomic E-state index is 12.9. The Hall–Kier alpha value is -0.0700. The van der Waals surface area contributed by atoms with E-state index < -0.39 is 0 Å². The molecule has 1 unspecified atom stereocenters. The van der Waals surface area contributed by atoms with Crippen LogP contribution < -0.4 is 10.6 Å². The molecule has 3 aliphatic rings. The van der Waals surface area contributed by atoms with E-state index in [2.05, 4.69) is 22.5 Å². The maximum absolute atomic E-state index is 12.9. The van der Waals surface area contributed by atoms with Gasteiger partial charge in [-0.2, -0.15) is 0 Å². The number of rotatable bonds is 4. The van der Waals surface area contributed by atoms with E-state index in [0.717, 1.165) is 52.4 Å². The standard InChI is InChI=1S/C16H29N3O2.2ClH/c1-13(11-19-6-8-21-9-7-19)18-15(20)16-5-3-2-4-14(16)10-17-12-16;;/h13-14,17H,2-12H2,1H3,(H,18,20);2*1H/t13?,14-,16+;;/m0../s1. The van der Waals surface area contributed by atoms with Crippen molar-refractivity contribution in [2.24, 2.45) is 11.3 Å². The quantitative estimate of drug-likeness (QED) is 0.789. The molecule has 1 saturated carbocycles. The molecule has 1 aliphatic carbocycles. The van der Waals surface area contributed by atoms with Gasteiger partial charge >= 0.3 is 0 Å².